The van der Waals surface area contributed by atoms with Crippen molar-refractivity contribution in [1.82, 2.24) is 10.8 Å². The summed E-state index contributed by atoms with van der Waals surface area (Å²) < 4.78 is 0. The van der Waals surface area contributed by atoms with E-state index in [0.717, 1.165) is 16.7 Å². The number of amides is 2. The molecule has 0 saturated carbocycles. The predicted octanol–water partition coefficient (Wildman–Crippen LogP) is 0.886. The standard InChI is InChI=1S/C21H24N4O3/c1-21(2,23)18(20(27)25-28)24-19(26)17-11-9-15(10-12-17)4-3-14-5-7-16(13-22)8-6-14/h5-12,18,28H,13,22-23H2,1-2H3,(H,24,26)(H,25,27)/t18-/m1/s1. The zero-order valence-electron chi connectivity index (χ0n) is 15.8. The molecule has 0 unspecified atom stereocenters. The summed E-state index contributed by atoms with van der Waals surface area (Å²) in [4.78, 5) is 24.2. The van der Waals surface area contributed by atoms with Gasteiger partial charge in [0.05, 0.1) is 0 Å². The van der Waals surface area contributed by atoms with Gasteiger partial charge >= 0.3 is 0 Å². The van der Waals surface area contributed by atoms with E-state index >= 15 is 0 Å². The maximum atomic E-state index is 12.4. The highest BCUT2D eigenvalue weighted by Gasteiger charge is 2.33. The Hall–Kier alpha value is -3.18. The molecule has 7 heteroatoms. The lowest BCUT2D eigenvalue weighted by Gasteiger charge is -2.29. The van der Waals surface area contributed by atoms with Crippen LogP contribution in [0.2, 0.25) is 0 Å². The Labute approximate surface area is 164 Å². The molecule has 0 saturated heterocycles. The summed E-state index contributed by atoms with van der Waals surface area (Å²) in [5, 5.41) is 11.4. The third-order valence-corrected chi connectivity index (χ3v) is 4.08. The minimum atomic E-state index is -1.10. The third-order valence-electron chi connectivity index (χ3n) is 4.08. The van der Waals surface area contributed by atoms with Crippen LogP contribution in [-0.4, -0.2) is 28.6 Å². The minimum absolute atomic E-state index is 0.345. The monoisotopic (exact) mass is 380 g/mol. The molecule has 28 heavy (non-hydrogen) atoms. The van der Waals surface area contributed by atoms with E-state index in [1.165, 1.54) is 5.48 Å². The van der Waals surface area contributed by atoms with Gasteiger partial charge in [-0.15, -0.1) is 0 Å². The summed E-state index contributed by atoms with van der Waals surface area (Å²) in [7, 11) is 0. The Morgan fingerprint density at radius 2 is 1.54 bits per heavy atom. The van der Waals surface area contributed by atoms with Crippen LogP contribution in [-0.2, 0) is 11.3 Å². The smallest absolute Gasteiger partial charge is 0.267 e. The largest absolute Gasteiger partial charge is 0.338 e. The van der Waals surface area contributed by atoms with Crippen LogP contribution in [0.4, 0.5) is 0 Å². The normalized spacial score (nSPS) is 11.8. The van der Waals surface area contributed by atoms with Crippen molar-refractivity contribution in [3.8, 4) is 11.8 Å². The van der Waals surface area contributed by atoms with E-state index in [1.807, 2.05) is 24.3 Å². The van der Waals surface area contributed by atoms with Crippen molar-refractivity contribution in [3.05, 3.63) is 70.8 Å². The first-order chi connectivity index (χ1) is 13.2. The van der Waals surface area contributed by atoms with Crippen LogP contribution in [0.1, 0.15) is 40.9 Å². The second-order valence-corrected chi connectivity index (χ2v) is 6.93. The van der Waals surface area contributed by atoms with Crippen molar-refractivity contribution in [2.24, 2.45) is 11.5 Å². The van der Waals surface area contributed by atoms with Crippen molar-refractivity contribution in [2.75, 3.05) is 0 Å². The Balaban J connectivity index is 2.10. The molecular weight excluding hydrogens is 356 g/mol. The van der Waals surface area contributed by atoms with Crippen molar-refractivity contribution < 1.29 is 14.8 Å². The molecule has 2 aromatic carbocycles. The van der Waals surface area contributed by atoms with Gasteiger partial charge in [-0.25, -0.2) is 5.48 Å². The molecule has 0 spiro atoms. The number of nitrogens with two attached hydrogens (primary N) is 2. The molecule has 7 nitrogen and oxygen atoms in total. The van der Waals surface area contributed by atoms with Crippen LogP contribution in [0, 0.1) is 11.8 Å². The summed E-state index contributed by atoms with van der Waals surface area (Å²) in [6.07, 6.45) is 0. The number of hydrogen-bond donors (Lipinski definition) is 5. The van der Waals surface area contributed by atoms with Gasteiger partial charge in [0.15, 0.2) is 0 Å². The van der Waals surface area contributed by atoms with Gasteiger partial charge < -0.3 is 16.8 Å². The fraction of sp³-hybridized carbons (Fsp3) is 0.238. The number of hydroxylamine groups is 1. The summed E-state index contributed by atoms with van der Waals surface area (Å²) in [6.45, 7) is 3.64. The summed E-state index contributed by atoms with van der Waals surface area (Å²) in [5.41, 5.74) is 14.9. The Kier molecular flexibility index (Phi) is 6.90. The molecule has 7 N–H and O–H groups in total. The van der Waals surface area contributed by atoms with Gasteiger partial charge in [-0.3, -0.25) is 14.8 Å². The maximum Gasteiger partial charge on any atom is 0.267 e. The zero-order valence-corrected chi connectivity index (χ0v) is 15.8. The van der Waals surface area contributed by atoms with Gasteiger partial charge in [-0.1, -0.05) is 24.0 Å². The van der Waals surface area contributed by atoms with Crippen LogP contribution in [0.5, 0.6) is 0 Å². The molecule has 0 radical (unpaired) electrons. The average Bonchev–Trinajstić information content (AvgIpc) is 2.69. The minimum Gasteiger partial charge on any atom is -0.338 e. The Bertz CT molecular complexity index is 888. The first kappa shape index (κ1) is 21.1. The van der Waals surface area contributed by atoms with Gasteiger partial charge in [0.25, 0.3) is 11.8 Å². The van der Waals surface area contributed by atoms with Gasteiger partial charge in [0.2, 0.25) is 0 Å². The van der Waals surface area contributed by atoms with Gasteiger partial charge in [-0.05, 0) is 55.8 Å². The molecule has 0 aliphatic rings. The topological polar surface area (TPSA) is 130 Å². The van der Waals surface area contributed by atoms with E-state index in [2.05, 4.69) is 17.2 Å². The number of rotatable bonds is 5. The molecule has 2 amide bonds. The third kappa shape index (κ3) is 5.66. The Morgan fingerprint density at radius 3 is 1.96 bits per heavy atom. The van der Waals surface area contributed by atoms with Crippen LogP contribution in [0.25, 0.3) is 0 Å². The first-order valence-corrected chi connectivity index (χ1v) is 8.69. The maximum absolute atomic E-state index is 12.4. The second kappa shape index (κ2) is 9.15. The molecule has 1 atom stereocenters. The van der Waals surface area contributed by atoms with E-state index in [4.69, 9.17) is 16.7 Å². The van der Waals surface area contributed by atoms with Crippen molar-refractivity contribution in [1.29, 1.82) is 0 Å². The van der Waals surface area contributed by atoms with E-state index in [-0.39, 0.29) is 0 Å². The number of benzene rings is 2. The molecule has 0 heterocycles. The second-order valence-electron chi connectivity index (χ2n) is 6.93. The number of carbonyl (C=O) groups is 2. The summed E-state index contributed by atoms with van der Waals surface area (Å²) >= 11 is 0. The van der Waals surface area contributed by atoms with Crippen molar-refractivity contribution >= 4 is 11.8 Å². The van der Waals surface area contributed by atoms with Crippen LogP contribution < -0.4 is 22.3 Å². The highest BCUT2D eigenvalue weighted by atomic mass is 16.5. The molecule has 2 aromatic rings. The fourth-order valence-electron chi connectivity index (χ4n) is 2.44. The van der Waals surface area contributed by atoms with E-state index in [9.17, 15) is 9.59 Å². The lowest BCUT2D eigenvalue weighted by Crippen LogP contribution is -2.61. The average molecular weight is 380 g/mol. The van der Waals surface area contributed by atoms with Crippen LogP contribution in [0.15, 0.2) is 48.5 Å². The molecule has 0 aliphatic carbocycles. The van der Waals surface area contributed by atoms with Crippen LogP contribution in [0.3, 0.4) is 0 Å². The number of carbonyl (C=O) groups excluding carboxylic acids is 2. The van der Waals surface area contributed by atoms with Gasteiger partial charge in [0, 0.05) is 28.8 Å². The summed E-state index contributed by atoms with van der Waals surface area (Å²) in [5.74, 6) is 4.80. The molecule has 0 aromatic heterocycles. The highest BCUT2D eigenvalue weighted by molar-refractivity contribution is 5.97. The SMILES string of the molecule is CC(C)(N)[C@H](NC(=O)c1ccc(C#Cc2ccc(CN)cc2)cc1)C(=O)NO. The van der Waals surface area contributed by atoms with E-state index in [1.54, 1.807) is 38.1 Å². The summed E-state index contributed by atoms with van der Waals surface area (Å²) in [6, 6.07) is 13.2. The number of hydrogen-bond acceptors (Lipinski definition) is 5. The molecule has 0 aliphatic heterocycles. The first-order valence-electron chi connectivity index (χ1n) is 8.69. The molecule has 146 valence electrons. The highest BCUT2D eigenvalue weighted by Crippen LogP contribution is 2.09. The van der Waals surface area contributed by atoms with E-state index in [0.29, 0.717) is 12.1 Å². The van der Waals surface area contributed by atoms with E-state index < -0.39 is 23.4 Å². The molecule has 0 bridgehead atoms. The number of nitrogens with one attached hydrogen (secondary N) is 2. The lowest BCUT2D eigenvalue weighted by molar-refractivity contribution is -0.132. The Morgan fingerprint density at radius 1 is 1.04 bits per heavy atom. The lowest BCUT2D eigenvalue weighted by atomic mass is 9.95. The molecular formula is C21H24N4O3. The van der Waals surface area contributed by atoms with Crippen LogP contribution >= 0.6 is 0 Å². The fourth-order valence-corrected chi connectivity index (χ4v) is 2.44. The quantitative estimate of drug-likeness (QED) is 0.299. The zero-order chi connectivity index (χ0) is 20.7. The predicted molar refractivity (Wildman–Crippen MR) is 106 cm³/mol. The van der Waals surface area contributed by atoms with Gasteiger partial charge in [-0.2, -0.15) is 0 Å². The molecule has 0 fully saturated rings. The molecule has 2 rings (SSSR count). The van der Waals surface area contributed by atoms with Crippen molar-refractivity contribution in [3.63, 3.8) is 0 Å². The van der Waals surface area contributed by atoms with Gasteiger partial charge in [0.1, 0.15) is 6.04 Å². The van der Waals surface area contributed by atoms with Crippen molar-refractivity contribution in [2.45, 2.75) is 32.0 Å².